The quantitative estimate of drug-likeness (QED) is 0.245. The van der Waals surface area contributed by atoms with Gasteiger partial charge in [0.1, 0.15) is 12.0 Å². The summed E-state index contributed by atoms with van der Waals surface area (Å²) in [6.45, 7) is 19.0. The number of ether oxygens (including phenoxy) is 1. The molecule has 6 atom stereocenters. The summed E-state index contributed by atoms with van der Waals surface area (Å²) in [6.07, 6.45) is 9.50. The van der Waals surface area contributed by atoms with Crippen molar-refractivity contribution in [2.24, 2.45) is 29.1 Å². The Balaban J connectivity index is 1.65. The van der Waals surface area contributed by atoms with Crippen LogP contribution in [0.2, 0.25) is 16.6 Å². The summed E-state index contributed by atoms with van der Waals surface area (Å²) in [5.41, 5.74) is 5.04. The highest BCUT2D eigenvalue weighted by molar-refractivity contribution is 6.78. The van der Waals surface area contributed by atoms with Crippen molar-refractivity contribution >= 4 is 14.6 Å². The molecule has 0 bridgehead atoms. The number of aldehydes is 1. The molecule has 2 saturated carbocycles. The summed E-state index contributed by atoms with van der Waals surface area (Å²) in [7, 11) is -0.242. The van der Waals surface area contributed by atoms with Crippen LogP contribution in [0.1, 0.15) is 111 Å². The second-order valence-corrected chi connectivity index (χ2v) is 19.0. The first-order chi connectivity index (χ1) is 17.0. The third-order valence-corrected chi connectivity index (χ3v) is 17.2. The Morgan fingerprint density at radius 2 is 1.64 bits per heavy atom. The van der Waals surface area contributed by atoms with Crippen molar-refractivity contribution in [3.05, 3.63) is 23.3 Å². The van der Waals surface area contributed by atoms with Crippen LogP contribution >= 0.6 is 0 Å². The fourth-order valence-electron chi connectivity index (χ4n) is 9.65. The molecular weight excluding hydrogens is 460 g/mol. The van der Waals surface area contributed by atoms with Gasteiger partial charge in [0.2, 0.25) is 0 Å². The molecule has 0 aromatic heterocycles. The zero-order chi connectivity index (χ0) is 26.4. The van der Waals surface area contributed by atoms with Gasteiger partial charge >= 0.3 is 0 Å². The lowest BCUT2D eigenvalue weighted by molar-refractivity contribution is -0.109. The van der Waals surface area contributed by atoms with Crippen LogP contribution in [0.5, 0.6) is 11.5 Å². The fraction of sp³-hybridized carbons (Fsp3) is 0.781. The Hall–Kier alpha value is -1.29. The second kappa shape index (κ2) is 10.5. The van der Waals surface area contributed by atoms with Gasteiger partial charge < -0.3 is 14.0 Å². The van der Waals surface area contributed by atoms with Crippen molar-refractivity contribution in [2.45, 2.75) is 123 Å². The number of aryl methyl sites for hydroxylation is 1. The van der Waals surface area contributed by atoms with E-state index in [0.717, 1.165) is 42.5 Å². The molecule has 0 N–H and O–H groups in total. The molecule has 0 saturated heterocycles. The Morgan fingerprint density at radius 3 is 2.22 bits per heavy atom. The Bertz CT molecular complexity index is 916. The van der Waals surface area contributed by atoms with E-state index in [2.05, 4.69) is 67.5 Å². The van der Waals surface area contributed by atoms with Gasteiger partial charge in [0, 0.05) is 6.42 Å². The van der Waals surface area contributed by atoms with Gasteiger partial charge in [-0.2, -0.15) is 0 Å². The molecule has 1 aromatic carbocycles. The summed E-state index contributed by atoms with van der Waals surface area (Å²) in [5, 5.41) is 0. The van der Waals surface area contributed by atoms with Gasteiger partial charge in [-0.25, -0.2) is 0 Å². The van der Waals surface area contributed by atoms with E-state index < -0.39 is 8.32 Å². The molecule has 0 spiro atoms. The molecule has 0 aliphatic heterocycles. The number of rotatable bonds is 9. The summed E-state index contributed by atoms with van der Waals surface area (Å²) in [5.74, 6) is 5.31. The van der Waals surface area contributed by atoms with Crippen LogP contribution in [0.25, 0.3) is 0 Å². The van der Waals surface area contributed by atoms with Gasteiger partial charge in [-0.05, 0) is 113 Å². The first-order valence-electron chi connectivity index (χ1n) is 14.8. The van der Waals surface area contributed by atoms with E-state index >= 15 is 0 Å². The number of methoxy groups -OCH3 is 1. The van der Waals surface area contributed by atoms with Crippen LogP contribution in [0.4, 0.5) is 0 Å². The Morgan fingerprint density at radius 1 is 0.972 bits per heavy atom. The Kier molecular flexibility index (Phi) is 8.06. The molecule has 3 aliphatic rings. The van der Waals surface area contributed by atoms with Gasteiger partial charge in [0.05, 0.1) is 7.11 Å². The van der Waals surface area contributed by atoms with E-state index in [0.29, 0.717) is 39.8 Å². The van der Waals surface area contributed by atoms with Crippen LogP contribution in [-0.2, 0) is 11.2 Å². The standard InChI is InChI=1S/C32H52O3Si/c1-20(2)36(21(3)4,22(5)6)35-31-18-24-10-11-26-25(27(24)19-30(31)34-9)14-16-32(8)28(12-13-29(26)32)23(7)15-17-33/h17-23,25-26,28-29H,10-16H2,1-9H3/t23-,25+,26-,28-,29+,32-/m1/s1. The molecule has 3 nitrogen and oxygen atoms in total. The summed E-state index contributed by atoms with van der Waals surface area (Å²) >= 11 is 0. The molecule has 2 fully saturated rings. The van der Waals surface area contributed by atoms with Crippen LogP contribution in [0.15, 0.2) is 12.1 Å². The van der Waals surface area contributed by atoms with E-state index in [9.17, 15) is 4.79 Å². The maximum absolute atomic E-state index is 11.3. The highest BCUT2D eigenvalue weighted by Gasteiger charge is 2.55. The van der Waals surface area contributed by atoms with Gasteiger partial charge in [-0.1, -0.05) is 55.4 Å². The topological polar surface area (TPSA) is 35.5 Å². The number of carbonyl (C=O) groups excluding carboxylic acids is 1. The third kappa shape index (κ3) is 4.37. The zero-order valence-corrected chi connectivity index (χ0v) is 25.5. The third-order valence-electron chi connectivity index (χ3n) is 11.2. The lowest BCUT2D eigenvalue weighted by Crippen LogP contribution is -2.50. The van der Waals surface area contributed by atoms with Gasteiger partial charge in [0.15, 0.2) is 5.75 Å². The van der Waals surface area contributed by atoms with Gasteiger partial charge in [-0.15, -0.1) is 0 Å². The van der Waals surface area contributed by atoms with E-state index in [1.54, 1.807) is 0 Å². The second-order valence-electron chi connectivity index (χ2n) is 13.6. The van der Waals surface area contributed by atoms with Crippen LogP contribution in [0, 0.1) is 29.1 Å². The number of fused-ring (bicyclic) bond motifs is 5. The van der Waals surface area contributed by atoms with Crippen molar-refractivity contribution in [1.82, 2.24) is 0 Å². The number of benzene rings is 1. The molecule has 3 aliphatic carbocycles. The largest absolute Gasteiger partial charge is 0.540 e. The first kappa shape index (κ1) is 27.7. The molecule has 0 amide bonds. The maximum Gasteiger partial charge on any atom is 0.258 e. The van der Waals surface area contributed by atoms with Crippen molar-refractivity contribution in [2.75, 3.05) is 7.11 Å². The number of carbonyl (C=O) groups is 1. The molecule has 36 heavy (non-hydrogen) atoms. The molecule has 202 valence electrons. The normalized spacial score (nSPS) is 30.7. The summed E-state index contributed by atoms with van der Waals surface area (Å²) in [4.78, 5) is 11.3. The van der Waals surface area contributed by atoms with Crippen LogP contribution < -0.4 is 9.16 Å². The van der Waals surface area contributed by atoms with Crippen molar-refractivity contribution < 1.29 is 14.0 Å². The summed E-state index contributed by atoms with van der Waals surface area (Å²) < 4.78 is 13.2. The maximum atomic E-state index is 11.3. The minimum Gasteiger partial charge on any atom is -0.540 e. The molecular formula is C32H52O3Si. The van der Waals surface area contributed by atoms with Crippen LogP contribution in [0.3, 0.4) is 0 Å². The molecule has 0 radical (unpaired) electrons. The predicted octanol–water partition coefficient (Wildman–Crippen LogP) is 8.95. The summed E-state index contributed by atoms with van der Waals surface area (Å²) in [6, 6.07) is 4.74. The van der Waals surface area contributed by atoms with Crippen molar-refractivity contribution in [1.29, 1.82) is 0 Å². The molecule has 0 heterocycles. The van der Waals surface area contributed by atoms with Crippen LogP contribution in [-0.4, -0.2) is 21.7 Å². The van der Waals surface area contributed by atoms with Gasteiger partial charge in [0.25, 0.3) is 8.32 Å². The number of hydrogen-bond acceptors (Lipinski definition) is 3. The molecule has 4 heteroatoms. The first-order valence-corrected chi connectivity index (χ1v) is 17.0. The highest BCUT2D eigenvalue weighted by atomic mass is 28.4. The average molecular weight is 513 g/mol. The van der Waals surface area contributed by atoms with E-state index in [1.165, 1.54) is 43.2 Å². The van der Waals surface area contributed by atoms with E-state index in [1.807, 2.05) is 7.11 Å². The zero-order valence-electron chi connectivity index (χ0n) is 24.5. The molecule has 4 rings (SSSR count). The van der Waals surface area contributed by atoms with Gasteiger partial charge in [-0.3, -0.25) is 0 Å². The van der Waals surface area contributed by atoms with Crippen molar-refractivity contribution in [3.63, 3.8) is 0 Å². The van der Waals surface area contributed by atoms with E-state index in [4.69, 9.17) is 9.16 Å². The Labute approximate surface area is 222 Å². The minimum absolute atomic E-state index is 0.394. The highest BCUT2D eigenvalue weighted by Crippen LogP contribution is 2.65. The SMILES string of the molecule is COc1cc2c(cc1O[Si](C(C)C)(C(C)C)C(C)C)CC[C@@H]1[C@@H]2CC[C@]2(C)[C@@H]([C@H](C)CC=O)CC[C@@H]12. The number of hydrogen-bond donors (Lipinski definition) is 0. The smallest absolute Gasteiger partial charge is 0.258 e. The van der Waals surface area contributed by atoms with E-state index in [-0.39, 0.29) is 0 Å². The average Bonchev–Trinajstić information content (AvgIpc) is 3.18. The molecule has 0 unspecified atom stereocenters. The minimum atomic E-state index is -2.05. The lowest BCUT2D eigenvalue weighted by Gasteiger charge is -2.52. The molecule has 1 aromatic rings. The lowest BCUT2D eigenvalue weighted by atomic mass is 9.53. The van der Waals surface area contributed by atoms with Crippen molar-refractivity contribution in [3.8, 4) is 11.5 Å². The predicted molar refractivity (Wildman–Crippen MR) is 153 cm³/mol. The monoisotopic (exact) mass is 512 g/mol. The fourth-order valence-corrected chi connectivity index (χ4v) is 14.9.